The van der Waals surface area contributed by atoms with Crippen molar-refractivity contribution in [3.05, 3.63) is 102 Å². The fourth-order valence-corrected chi connectivity index (χ4v) is 7.39. The summed E-state index contributed by atoms with van der Waals surface area (Å²) in [5.74, 6) is -5.36. The summed E-state index contributed by atoms with van der Waals surface area (Å²) >= 11 is 0. The molecule has 2 bridgehead atoms. The van der Waals surface area contributed by atoms with Crippen LogP contribution in [0.25, 0.3) is 5.76 Å². The predicted octanol–water partition coefficient (Wildman–Crippen LogP) is -0.211. The number of carboxylic acid groups (broad SMARTS) is 1. The summed E-state index contributed by atoms with van der Waals surface area (Å²) in [7, 11) is 0. The van der Waals surface area contributed by atoms with Crippen LogP contribution >= 0.6 is 0 Å². The molecular formula is C40H37N4O15+. The van der Waals surface area contributed by atoms with E-state index in [1.807, 2.05) is 0 Å². The molecule has 0 radical (unpaired) electrons. The molecule has 19 heteroatoms. The molecule has 0 amide bonds. The maximum Gasteiger partial charge on any atom is 0.336 e. The smallest absolute Gasteiger partial charge is 0.336 e. The van der Waals surface area contributed by atoms with Gasteiger partial charge in [0.2, 0.25) is 18.3 Å². The van der Waals surface area contributed by atoms with Crippen molar-refractivity contribution in [3.8, 4) is 34.5 Å². The summed E-state index contributed by atoms with van der Waals surface area (Å²) < 4.78 is 29.3. The number of nitrogens with two attached hydrogens (primary N) is 1. The second kappa shape index (κ2) is 15.0. The molecule has 9 unspecified atom stereocenters. The zero-order valence-corrected chi connectivity index (χ0v) is 30.5. The van der Waals surface area contributed by atoms with Crippen LogP contribution in [0.5, 0.6) is 34.5 Å². The molecule has 59 heavy (non-hydrogen) atoms. The minimum absolute atomic E-state index is 0.0115. The molecule has 3 aromatic carbocycles. The number of hydrogen-bond donors (Lipinski definition) is 10. The number of phenolic OH excluding ortho intramolecular Hbond substituents is 2. The Bertz CT molecular complexity index is 2390. The number of amidine groups is 1. The molecule has 306 valence electrons. The molecule has 4 aliphatic heterocycles. The first-order valence-corrected chi connectivity index (χ1v) is 18.0. The van der Waals surface area contributed by atoms with E-state index < -0.39 is 83.1 Å². The first kappa shape index (κ1) is 39.2. The van der Waals surface area contributed by atoms with Crippen molar-refractivity contribution in [2.45, 2.75) is 48.2 Å². The Morgan fingerprint density at radius 1 is 1.05 bits per heavy atom. The van der Waals surface area contributed by atoms with Gasteiger partial charge < -0.3 is 69.6 Å². The van der Waals surface area contributed by atoms with E-state index in [1.165, 1.54) is 42.8 Å². The van der Waals surface area contributed by atoms with E-state index in [4.69, 9.17) is 29.1 Å². The van der Waals surface area contributed by atoms with Gasteiger partial charge in [-0.3, -0.25) is 10.4 Å². The molecule has 8 rings (SSSR count). The number of carbonyl (C=O) groups is 1. The Morgan fingerprint density at radius 3 is 2.51 bits per heavy atom. The lowest BCUT2D eigenvalue weighted by atomic mass is 9.64. The van der Waals surface area contributed by atoms with Crippen LogP contribution in [0, 0.1) is 5.92 Å². The van der Waals surface area contributed by atoms with Crippen molar-refractivity contribution in [1.82, 2.24) is 0 Å². The van der Waals surface area contributed by atoms with Crippen molar-refractivity contribution in [2.75, 3.05) is 13.2 Å². The number of aliphatic imine (C=N–C) groups is 3. The summed E-state index contributed by atoms with van der Waals surface area (Å²) in [5, 5.41) is 106. The van der Waals surface area contributed by atoms with Crippen LogP contribution in [0.15, 0.2) is 100.0 Å². The average molecular weight is 814 g/mol. The van der Waals surface area contributed by atoms with Crippen molar-refractivity contribution in [1.29, 1.82) is 0 Å². The number of aliphatic hydroxyl groups is 6. The van der Waals surface area contributed by atoms with Crippen molar-refractivity contribution >= 4 is 35.3 Å². The van der Waals surface area contributed by atoms with E-state index in [9.17, 15) is 50.8 Å². The van der Waals surface area contributed by atoms with Crippen LogP contribution in [-0.2, 0) is 9.53 Å². The third-order valence-corrected chi connectivity index (χ3v) is 10.4. The highest BCUT2D eigenvalue weighted by Crippen LogP contribution is 2.53. The van der Waals surface area contributed by atoms with Crippen molar-refractivity contribution in [2.24, 2.45) is 20.9 Å². The Hall–Kier alpha value is -6.61. The number of rotatable bonds is 12. The number of aliphatic carboxylic acids is 1. The van der Waals surface area contributed by atoms with Gasteiger partial charge in [-0.25, -0.2) is 9.79 Å². The number of phenols is 2. The van der Waals surface area contributed by atoms with Gasteiger partial charge in [0.05, 0.1) is 18.2 Å². The van der Waals surface area contributed by atoms with Crippen LogP contribution < -0.4 is 24.4 Å². The molecule has 0 aromatic heterocycles. The second-order valence-corrected chi connectivity index (χ2v) is 14.2. The quantitative estimate of drug-likeness (QED) is 0.0836. The minimum atomic E-state index is -2.67. The second-order valence-electron chi connectivity index (χ2n) is 14.2. The third kappa shape index (κ3) is 6.94. The van der Waals surface area contributed by atoms with Gasteiger partial charge in [0.15, 0.2) is 35.0 Å². The summed E-state index contributed by atoms with van der Waals surface area (Å²) in [5.41, 5.74) is -4.59. The van der Waals surface area contributed by atoms with Gasteiger partial charge in [0.1, 0.15) is 59.3 Å². The highest BCUT2D eigenvalue weighted by molar-refractivity contribution is 6.14. The highest BCUT2D eigenvalue weighted by Gasteiger charge is 2.70. The van der Waals surface area contributed by atoms with E-state index >= 15 is 0 Å². The number of ether oxygens (including phenoxy) is 5. The molecule has 9 atom stereocenters. The van der Waals surface area contributed by atoms with E-state index in [-0.39, 0.29) is 47.3 Å². The van der Waals surface area contributed by atoms with Gasteiger partial charge in [-0.15, -0.1) is 0 Å². The Morgan fingerprint density at radius 2 is 1.83 bits per heavy atom. The molecule has 1 saturated heterocycles. The topological polar surface area (TPSA) is 308 Å². The van der Waals surface area contributed by atoms with Gasteiger partial charge in [0.25, 0.3) is 0 Å². The maximum atomic E-state index is 12.6. The molecular weight excluding hydrogens is 776 g/mol. The van der Waals surface area contributed by atoms with Crippen LogP contribution in [0.3, 0.4) is 0 Å². The summed E-state index contributed by atoms with van der Waals surface area (Å²) in [6, 6.07) is 12.8. The first-order chi connectivity index (χ1) is 28.2. The fourth-order valence-electron chi connectivity index (χ4n) is 7.39. The maximum absolute atomic E-state index is 12.6. The van der Waals surface area contributed by atoms with E-state index in [2.05, 4.69) is 15.0 Å². The molecule has 19 nitrogen and oxygen atoms in total. The van der Waals surface area contributed by atoms with E-state index in [1.54, 1.807) is 36.4 Å². The fraction of sp³-hybridized carbons (Fsp3) is 0.275. The highest BCUT2D eigenvalue weighted by atomic mass is 16.7. The lowest BCUT2D eigenvalue weighted by Gasteiger charge is -2.55. The largest absolute Gasteiger partial charge is 0.508 e. The molecule has 4 heterocycles. The summed E-state index contributed by atoms with van der Waals surface area (Å²) in [4.78, 5) is 24.7. The lowest BCUT2D eigenvalue weighted by molar-refractivity contribution is -0.337. The van der Waals surface area contributed by atoms with Crippen molar-refractivity contribution in [3.63, 3.8) is 0 Å². The minimum Gasteiger partial charge on any atom is -0.508 e. The number of aromatic hydroxyl groups is 2. The number of hydrogen-bond acceptors (Lipinski definition) is 16. The molecule has 11 N–H and O–H groups in total. The molecule has 0 spiro atoms. The van der Waals surface area contributed by atoms with Crippen molar-refractivity contribution < 1.29 is 79.8 Å². The van der Waals surface area contributed by atoms with Gasteiger partial charge in [-0.2, -0.15) is 0 Å². The third-order valence-electron chi connectivity index (χ3n) is 10.4. The van der Waals surface area contributed by atoms with E-state index in [0.29, 0.717) is 17.0 Å². The van der Waals surface area contributed by atoms with E-state index in [0.717, 1.165) is 12.1 Å². The number of aliphatic hydroxyl groups excluding tert-OH is 4. The van der Waals surface area contributed by atoms with Crippen LogP contribution in [0.2, 0.25) is 0 Å². The lowest BCUT2D eigenvalue weighted by Crippen LogP contribution is -2.78. The molecule has 0 saturated carbocycles. The zero-order valence-electron chi connectivity index (χ0n) is 30.5. The van der Waals surface area contributed by atoms with Gasteiger partial charge in [0, 0.05) is 23.8 Å². The Balaban J connectivity index is 1.12. The van der Waals surface area contributed by atoms with Crippen LogP contribution in [-0.4, -0.2) is 124 Å². The normalized spacial score (nSPS) is 28.8. The first-order valence-electron chi connectivity index (χ1n) is 18.0. The number of carboxylic acids is 1. The van der Waals surface area contributed by atoms with Gasteiger partial charge in [-0.1, -0.05) is 30.3 Å². The van der Waals surface area contributed by atoms with Crippen LogP contribution in [0.1, 0.15) is 29.1 Å². The Kier molecular flexibility index (Phi) is 9.95. The van der Waals surface area contributed by atoms with Gasteiger partial charge in [-0.05, 0) is 47.0 Å². The molecule has 3 aromatic rings. The summed E-state index contributed by atoms with van der Waals surface area (Å²) in [6.45, 7) is -0.139. The monoisotopic (exact) mass is 813 g/mol. The predicted molar refractivity (Wildman–Crippen MR) is 203 cm³/mol. The zero-order chi connectivity index (χ0) is 41.8. The molecule has 1 fully saturated rings. The Labute approximate surface area is 333 Å². The number of nitrogens with zero attached hydrogens (tertiary/aromatic N) is 3. The molecule has 1 aliphatic carbocycles. The average Bonchev–Trinajstić information content (AvgIpc) is 3.90. The number of benzene rings is 3. The van der Waals surface area contributed by atoms with Crippen LogP contribution in [0.4, 0.5) is 0 Å². The SMILES string of the molecule is [NH2+]=C1C=CC(C(O)COc2ccc(C3C=C(O)c4c(cc(OC5OC(C(=O)O)C6(O)C(C7=NC=NC7)C=CC5(O)C6O)c(OC(O)c5cccc(O)c5)c4O)O3)cc2)=N1. The van der Waals surface area contributed by atoms with Gasteiger partial charge >= 0.3 is 11.8 Å². The summed E-state index contributed by atoms with van der Waals surface area (Å²) in [6.07, 6.45) is -2.66. The number of fused-ring (bicyclic) bond motifs is 3. The molecule has 5 aliphatic rings. The standard InChI is InChI=1S/C40H36N4O15/c41-30-9-8-23(44-30)26(47)16-55-21-6-4-18(5-7-21)27-13-25(46)31-28(56-27)14-29(33(32(31)48)58-36(51)19-2-1-3-20(45)12-19)57-38-39(53)11-10-22(24-15-42-17-43-24)40(54,37(39)52)34(59-38)35(49)50/h1-14,17,22,26-27,34,36-38,41,45-48,51-54H,15-16H2,(H,49,50)/p+1.